The van der Waals surface area contributed by atoms with E-state index in [2.05, 4.69) is 10.2 Å². The topological polar surface area (TPSA) is 72.1 Å². The highest BCUT2D eigenvalue weighted by Crippen LogP contribution is 2.08. The number of esters is 1. The first-order chi connectivity index (χ1) is 6.87. The van der Waals surface area contributed by atoms with Crippen molar-refractivity contribution in [2.24, 2.45) is 0 Å². The van der Waals surface area contributed by atoms with Crippen molar-refractivity contribution in [1.29, 1.82) is 0 Å². The van der Waals surface area contributed by atoms with E-state index < -0.39 is 5.60 Å². The first-order valence-electron chi connectivity index (χ1n) is 4.63. The van der Waals surface area contributed by atoms with Crippen molar-refractivity contribution in [1.82, 2.24) is 10.2 Å². The van der Waals surface area contributed by atoms with Crippen LogP contribution in [0, 0.1) is 0 Å². The van der Waals surface area contributed by atoms with Gasteiger partial charge < -0.3 is 4.74 Å². The molecule has 15 heavy (non-hydrogen) atoms. The molecular weight excluding hydrogens is 196 g/mol. The van der Waals surface area contributed by atoms with Gasteiger partial charge in [0.1, 0.15) is 5.60 Å². The van der Waals surface area contributed by atoms with E-state index in [-0.39, 0.29) is 17.9 Å². The number of carbonyl (C=O) groups is 1. The van der Waals surface area contributed by atoms with Crippen LogP contribution in [0.5, 0.6) is 0 Å². The summed E-state index contributed by atoms with van der Waals surface area (Å²) >= 11 is 0. The molecule has 0 unspecified atom stereocenters. The number of hydrogen-bond acceptors (Lipinski definition) is 4. The Bertz CT molecular complexity index is 383. The normalized spacial score (nSPS) is 11.1. The van der Waals surface area contributed by atoms with E-state index >= 15 is 0 Å². The minimum atomic E-state index is -0.501. The Labute approximate surface area is 87.5 Å². The molecule has 1 N–H and O–H groups in total. The number of nitrogens with one attached hydrogen (secondary N) is 1. The number of carbonyl (C=O) groups excluding carboxylic acids is 1. The summed E-state index contributed by atoms with van der Waals surface area (Å²) in [6, 6.07) is 2.83. The zero-order chi connectivity index (χ0) is 11.5. The van der Waals surface area contributed by atoms with Gasteiger partial charge >= 0.3 is 5.97 Å². The Morgan fingerprint density at radius 1 is 1.47 bits per heavy atom. The van der Waals surface area contributed by atoms with Crippen LogP contribution < -0.4 is 5.56 Å². The van der Waals surface area contributed by atoms with Gasteiger partial charge in [0.15, 0.2) is 0 Å². The van der Waals surface area contributed by atoms with Gasteiger partial charge in [-0.25, -0.2) is 5.10 Å². The Kier molecular flexibility index (Phi) is 3.24. The van der Waals surface area contributed by atoms with Crippen LogP contribution in [0.15, 0.2) is 16.9 Å². The summed E-state index contributed by atoms with van der Waals surface area (Å²) in [5.74, 6) is -0.359. The number of H-pyrrole nitrogens is 1. The van der Waals surface area contributed by atoms with Crippen LogP contribution in [-0.2, 0) is 16.0 Å². The third kappa shape index (κ3) is 4.39. The molecule has 0 fully saturated rings. The average Bonchev–Trinajstić information content (AvgIpc) is 2.05. The first-order valence-corrected chi connectivity index (χ1v) is 4.63. The molecule has 1 aromatic rings. The largest absolute Gasteiger partial charge is 0.460 e. The Morgan fingerprint density at radius 2 is 2.13 bits per heavy atom. The third-order valence-electron chi connectivity index (χ3n) is 1.48. The average molecular weight is 210 g/mol. The van der Waals surface area contributed by atoms with Gasteiger partial charge in [-0.05, 0) is 26.8 Å². The van der Waals surface area contributed by atoms with E-state index in [1.165, 1.54) is 12.1 Å². The van der Waals surface area contributed by atoms with E-state index in [1.54, 1.807) is 20.8 Å². The van der Waals surface area contributed by atoms with Gasteiger partial charge in [-0.15, -0.1) is 0 Å². The minimum Gasteiger partial charge on any atom is -0.460 e. The third-order valence-corrected chi connectivity index (χ3v) is 1.48. The fraction of sp³-hybridized carbons (Fsp3) is 0.500. The van der Waals surface area contributed by atoms with Gasteiger partial charge in [0, 0.05) is 6.07 Å². The Morgan fingerprint density at radius 3 is 2.60 bits per heavy atom. The molecule has 0 aliphatic carbocycles. The van der Waals surface area contributed by atoms with Crippen molar-refractivity contribution >= 4 is 5.97 Å². The SMILES string of the molecule is CC(C)(C)OC(=O)Cc1ccc(=O)[nH]n1. The van der Waals surface area contributed by atoms with Gasteiger partial charge in [0.25, 0.3) is 5.56 Å². The molecule has 0 aromatic carbocycles. The summed E-state index contributed by atoms with van der Waals surface area (Å²) in [5, 5.41) is 5.96. The van der Waals surface area contributed by atoms with Crippen LogP contribution >= 0.6 is 0 Å². The van der Waals surface area contributed by atoms with Crippen molar-refractivity contribution in [3.8, 4) is 0 Å². The van der Waals surface area contributed by atoms with Crippen LogP contribution in [0.1, 0.15) is 26.5 Å². The molecule has 0 aliphatic rings. The molecule has 0 bridgehead atoms. The van der Waals surface area contributed by atoms with Crippen molar-refractivity contribution < 1.29 is 9.53 Å². The maximum Gasteiger partial charge on any atom is 0.312 e. The molecule has 0 saturated heterocycles. The van der Waals surface area contributed by atoms with Crippen LogP contribution in [0.3, 0.4) is 0 Å². The molecule has 0 radical (unpaired) electrons. The summed E-state index contributed by atoms with van der Waals surface area (Å²) in [5.41, 5.74) is -0.300. The highest BCUT2D eigenvalue weighted by molar-refractivity contribution is 5.72. The Balaban J connectivity index is 2.59. The zero-order valence-electron chi connectivity index (χ0n) is 9.03. The van der Waals surface area contributed by atoms with Gasteiger partial charge in [-0.1, -0.05) is 0 Å². The van der Waals surface area contributed by atoms with E-state index in [9.17, 15) is 9.59 Å². The molecule has 0 amide bonds. The number of hydrogen-bond donors (Lipinski definition) is 1. The lowest BCUT2D eigenvalue weighted by Crippen LogP contribution is -2.25. The molecule has 82 valence electrons. The molecule has 0 saturated carbocycles. The van der Waals surface area contributed by atoms with Crippen LogP contribution in [0.4, 0.5) is 0 Å². The molecular formula is C10H14N2O3. The van der Waals surface area contributed by atoms with Crippen LogP contribution in [0.2, 0.25) is 0 Å². The minimum absolute atomic E-state index is 0.0635. The highest BCUT2D eigenvalue weighted by Gasteiger charge is 2.16. The number of rotatable bonds is 2. The highest BCUT2D eigenvalue weighted by atomic mass is 16.6. The quantitative estimate of drug-likeness (QED) is 0.727. The predicted octanol–water partition coefficient (Wildman–Crippen LogP) is 0.654. The van der Waals surface area contributed by atoms with Crippen LogP contribution in [0.25, 0.3) is 0 Å². The molecule has 5 heteroatoms. The monoisotopic (exact) mass is 210 g/mol. The van der Waals surface area contributed by atoms with E-state index in [4.69, 9.17) is 4.74 Å². The maximum absolute atomic E-state index is 11.4. The second kappa shape index (κ2) is 4.25. The molecule has 1 aromatic heterocycles. The molecule has 1 rings (SSSR count). The Hall–Kier alpha value is -1.65. The molecule has 0 aliphatic heterocycles. The lowest BCUT2D eigenvalue weighted by Gasteiger charge is -2.19. The fourth-order valence-corrected chi connectivity index (χ4v) is 0.997. The van der Waals surface area contributed by atoms with Crippen molar-refractivity contribution in [3.63, 3.8) is 0 Å². The van der Waals surface area contributed by atoms with E-state index in [0.717, 1.165) is 0 Å². The summed E-state index contributed by atoms with van der Waals surface area (Å²) in [4.78, 5) is 22.1. The lowest BCUT2D eigenvalue weighted by atomic mass is 10.2. The first kappa shape index (κ1) is 11.4. The summed E-state index contributed by atoms with van der Waals surface area (Å²) in [6.45, 7) is 5.39. The zero-order valence-corrected chi connectivity index (χ0v) is 9.03. The predicted molar refractivity (Wildman–Crippen MR) is 54.4 cm³/mol. The van der Waals surface area contributed by atoms with Crippen molar-refractivity contribution in [2.75, 3.05) is 0 Å². The van der Waals surface area contributed by atoms with Gasteiger partial charge in [0.05, 0.1) is 12.1 Å². The smallest absolute Gasteiger partial charge is 0.312 e. The van der Waals surface area contributed by atoms with Gasteiger partial charge in [0.2, 0.25) is 0 Å². The second-order valence-electron chi connectivity index (χ2n) is 4.18. The van der Waals surface area contributed by atoms with Gasteiger partial charge in [-0.3, -0.25) is 9.59 Å². The van der Waals surface area contributed by atoms with E-state index in [1.807, 2.05) is 0 Å². The van der Waals surface area contributed by atoms with E-state index in [0.29, 0.717) is 5.69 Å². The number of nitrogens with zero attached hydrogens (tertiary/aromatic N) is 1. The maximum atomic E-state index is 11.4. The summed E-state index contributed by atoms with van der Waals surface area (Å²) in [7, 11) is 0. The lowest BCUT2D eigenvalue weighted by molar-refractivity contribution is -0.154. The van der Waals surface area contributed by atoms with Crippen molar-refractivity contribution in [2.45, 2.75) is 32.8 Å². The fourth-order valence-electron chi connectivity index (χ4n) is 0.997. The second-order valence-corrected chi connectivity index (χ2v) is 4.18. The van der Waals surface area contributed by atoms with Gasteiger partial charge in [-0.2, -0.15) is 5.10 Å². The van der Waals surface area contributed by atoms with Crippen LogP contribution in [-0.4, -0.2) is 21.8 Å². The number of ether oxygens (including phenoxy) is 1. The number of aromatic nitrogens is 2. The summed E-state index contributed by atoms with van der Waals surface area (Å²) in [6.07, 6.45) is 0.0635. The summed E-state index contributed by atoms with van der Waals surface area (Å²) < 4.78 is 5.10. The number of aromatic amines is 1. The van der Waals surface area contributed by atoms with Crippen molar-refractivity contribution in [3.05, 3.63) is 28.2 Å². The molecule has 0 atom stereocenters. The molecule has 5 nitrogen and oxygen atoms in total. The molecule has 0 spiro atoms. The standard InChI is InChI=1S/C10H14N2O3/c1-10(2,3)15-9(14)6-7-4-5-8(13)12-11-7/h4-5H,6H2,1-3H3,(H,12,13). The molecule has 1 heterocycles.